The molecule has 0 amide bonds. The molecular formula is C12H17N5O3. The molecule has 1 atom stereocenters. The van der Waals surface area contributed by atoms with Gasteiger partial charge >= 0.3 is 0 Å². The number of aromatic nitrogens is 2. The minimum atomic E-state index is -0.152. The Bertz CT molecular complexity index is 505. The van der Waals surface area contributed by atoms with Crippen LogP contribution < -0.4 is 10.5 Å². The number of H-pyrrole nitrogens is 1. The average Bonchev–Trinajstić information content (AvgIpc) is 2.84. The summed E-state index contributed by atoms with van der Waals surface area (Å²) in [7, 11) is 0. The van der Waals surface area contributed by atoms with Gasteiger partial charge in [-0.1, -0.05) is 0 Å². The molecule has 8 nitrogen and oxygen atoms in total. The van der Waals surface area contributed by atoms with E-state index >= 15 is 0 Å². The number of allylic oxidation sites excluding steroid dienone is 2. The molecule has 5 N–H and O–H groups in total. The minimum absolute atomic E-state index is 0.152. The van der Waals surface area contributed by atoms with Crippen molar-refractivity contribution in [2.24, 2.45) is 0 Å². The number of rotatable bonds is 6. The first-order valence-electron chi connectivity index (χ1n) is 6.13. The van der Waals surface area contributed by atoms with Gasteiger partial charge in [-0.3, -0.25) is 5.10 Å². The van der Waals surface area contributed by atoms with Crippen LogP contribution in [0.5, 0.6) is 5.75 Å². The number of nitrogens with zero attached hydrogens (tertiary/aromatic N) is 1. The van der Waals surface area contributed by atoms with E-state index in [0.29, 0.717) is 36.8 Å². The van der Waals surface area contributed by atoms with Crippen molar-refractivity contribution < 1.29 is 14.2 Å². The van der Waals surface area contributed by atoms with E-state index in [1.165, 1.54) is 6.08 Å². The molecule has 1 unspecified atom stereocenters. The van der Waals surface area contributed by atoms with Gasteiger partial charge in [0.15, 0.2) is 11.6 Å². The van der Waals surface area contributed by atoms with Gasteiger partial charge in [-0.05, 0) is 6.08 Å². The zero-order chi connectivity index (χ0) is 14.4. The van der Waals surface area contributed by atoms with E-state index in [4.69, 9.17) is 30.8 Å². The van der Waals surface area contributed by atoms with Crippen molar-refractivity contribution in [2.75, 3.05) is 32.2 Å². The van der Waals surface area contributed by atoms with Gasteiger partial charge in [-0.15, -0.1) is 0 Å². The maximum Gasteiger partial charge on any atom is 0.188 e. The average molecular weight is 279 g/mol. The molecule has 2 heterocycles. The SMILES string of the molecule is N=C/C=C(\C=N)c1[nH]nc(N)c1OCC1COCCO1. The summed E-state index contributed by atoms with van der Waals surface area (Å²) < 4.78 is 16.4. The van der Waals surface area contributed by atoms with Crippen molar-refractivity contribution in [1.29, 1.82) is 10.8 Å². The number of hydrogen-bond donors (Lipinski definition) is 4. The standard InChI is InChI=1S/C12H17N5O3/c13-2-1-8(5-14)10-11(12(15)17-16-10)20-7-9-6-18-3-4-19-9/h1-2,5,9,13-14H,3-4,6-7H2,(H3,15,16,17)/b8-1+,13-2?,14-5?. The molecule has 1 aromatic rings. The number of anilines is 1. The molecular weight excluding hydrogens is 262 g/mol. The summed E-state index contributed by atoms with van der Waals surface area (Å²) in [5, 5.41) is 21.0. The first-order chi connectivity index (χ1) is 9.76. The van der Waals surface area contributed by atoms with Crippen LogP contribution >= 0.6 is 0 Å². The lowest BCUT2D eigenvalue weighted by Crippen LogP contribution is -2.33. The van der Waals surface area contributed by atoms with Gasteiger partial charge in [0, 0.05) is 18.0 Å². The van der Waals surface area contributed by atoms with Crippen LogP contribution in [0, 0.1) is 10.8 Å². The molecule has 0 spiro atoms. The zero-order valence-electron chi connectivity index (χ0n) is 10.9. The van der Waals surface area contributed by atoms with E-state index in [9.17, 15) is 0 Å². The Morgan fingerprint density at radius 2 is 2.35 bits per heavy atom. The fourth-order valence-electron chi connectivity index (χ4n) is 1.79. The predicted octanol–water partition coefficient (Wildman–Crippen LogP) is 0.469. The van der Waals surface area contributed by atoms with Crippen molar-refractivity contribution in [1.82, 2.24) is 10.2 Å². The summed E-state index contributed by atoms with van der Waals surface area (Å²) >= 11 is 0. The topological polar surface area (TPSA) is 130 Å². The van der Waals surface area contributed by atoms with E-state index in [2.05, 4.69) is 10.2 Å². The maximum absolute atomic E-state index is 7.35. The quantitative estimate of drug-likeness (QED) is 0.562. The van der Waals surface area contributed by atoms with E-state index < -0.39 is 0 Å². The molecule has 0 aliphatic carbocycles. The Balaban J connectivity index is 2.10. The molecule has 0 aromatic carbocycles. The zero-order valence-corrected chi connectivity index (χ0v) is 10.9. The van der Waals surface area contributed by atoms with Gasteiger partial charge in [0.1, 0.15) is 18.4 Å². The maximum atomic E-state index is 7.35. The Kier molecular flexibility index (Phi) is 4.85. The van der Waals surface area contributed by atoms with Gasteiger partial charge in [-0.25, -0.2) is 0 Å². The molecule has 1 aromatic heterocycles. The van der Waals surface area contributed by atoms with Gasteiger partial charge in [0.2, 0.25) is 0 Å². The molecule has 0 bridgehead atoms. The number of nitrogen functional groups attached to an aromatic ring is 1. The van der Waals surface area contributed by atoms with Gasteiger partial charge < -0.3 is 30.8 Å². The molecule has 2 rings (SSSR count). The van der Waals surface area contributed by atoms with Crippen molar-refractivity contribution >= 4 is 23.8 Å². The fraction of sp³-hybridized carbons (Fsp3) is 0.417. The van der Waals surface area contributed by atoms with Gasteiger partial charge in [-0.2, -0.15) is 5.10 Å². The van der Waals surface area contributed by atoms with E-state index in [1.54, 1.807) is 0 Å². The van der Waals surface area contributed by atoms with Crippen molar-refractivity contribution in [3.63, 3.8) is 0 Å². The molecule has 1 fully saturated rings. The van der Waals surface area contributed by atoms with E-state index in [-0.39, 0.29) is 18.5 Å². The number of ether oxygens (including phenoxy) is 3. The summed E-state index contributed by atoms with van der Waals surface area (Å²) in [6.45, 7) is 1.89. The number of hydrogen-bond acceptors (Lipinski definition) is 7. The van der Waals surface area contributed by atoms with Crippen LogP contribution in [0.25, 0.3) is 5.57 Å². The third-order valence-electron chi connectivity index (χ3n) is 2.75. The van der Waals surface area contributed by atoms with Crippen molar-refractivity contribution in [2.45, 2.75) is 6.10 Å². The Labute approximate surface area is 115 Å². The second-order valence-electron chi connectivity index (χ2n) is 4.12. The lowest BCUT2D eigenvalue weighted by Gasteiger charge is -2.23. The van der Waals surface area contributed by atoms with E-state index in [1.807, 2.05) is 0 Å². The highest BCUT2D eigenvalue weighted by Crippen LogP contribution is 2.28. The summed E-state index contributed by atoms with van der Waals surface area (Å²) in [5.41, 5.74) is 6.68. The van der Waals surface area contributed by atoms with Gasteiger partial charge in [0.05, 0.1) is 19.8 Å². The van der Waals surface area contributed by atoms with Crippen LogP contribution in [0.1, 0.15) is 5.69 Å². The second-order valence-corrected chi connectivity index (χ2v) is 4.12. The fourth-order valence-corrected chi connectivity index (χ4v) is 1.79. The van der Waals surface area contributed by atoms with Crippen LogP contribution in [0.4, 0.5) is 5.82 Å². The molecule has 108 valence electrons. The van der Waals surface area contributed by atoms with Crippen LogP contribution in [0.2, 0.25) is 0 Å². The molecule has 0 radical (unpaired) electrons. The molecule has 8 heteroatoms. The highest BCUT2D eigenvalue weighted by Gasteiger charge is 2.19. The molecule has 1 aliphatic rings. The molecule has 0 saturated carbocycles. The predicted molar refractivity (Wildman–Crippen MR) is 74.6 cm³/mol. The van der Waals surface area contributed by atoms with Crippen molar-refractivity contribution in [3.05, 3.63) is 11.8 Å². The summed E-state index contributed by atoms with van der Waals surface area (Å²) in [5.74, 6) is 0.560. The smallest absolute Gasteiger partial charge is 0.188 e. The summed E-state index contributed by atoms with van der Waals surface area (Å²) in [6, 6.07) is 0. The molecule has 1 saturated heterocycles. The van der Waals surface area contributed by atoms with Crippen molar-refractivity contribution in [3.8, 4) is 5.75 Å². The third-order valence-corrected chi connectivity index (χ3v) is 2.75. The molecule has 20 heavy (non-hydrogen) atoms. The monoisotopic (exact) mass is 279 g/mol. The van der Waals surface area contributed by atoms with E-state index in [0.717, 1.165) is 12.4 Å². The number of aromatic amines is 1. The molecule has 1 aliphatic heterocycles. The number of nitrogens with one attached hydrogen (secondary N) is 3. The van der Waals surface area contributed by atoms with Crippen LogP contribution in [-0.4, -0.2) is 55.2 Å². The summed E-state index contributed by atoms with van der Waals surface area (Å²) in [4.78, 5) is 0. The normalized spacial score (nSPS) is 19.6. The highest BCUT2D eigenvalue weighted by molar-refractivity contribution is 6.12. The number of nitrogens with two attached hydrogens (primary N) is 1. The first kappa shape index (κ1) is 14.2. The highest BCUT2D eigenvalue weighted by atomic mass is 16.6. The van der Waals surface area contributed by atoms with Crippen LogP contribution in [0.15, 0.2) is 6.08 Å². The van der Waals surface area contributed by atoms with Gasteiger partial charge in [0.25, 0.3) is 0 Å². The first-order valence-corrected chi connectivity index (χ1v) is 6.13. The Morgan fingerprint density at radius 3 is 3.00 bits per heavy atom. The lowest BCUT2D eigenvalue weighted by atomic mass is 10.2. The Morgan fingerprint density at radius 1 is 1.50 bits per heavy atom. The largest absolute Gasteiger partial charge is 0.485 e. The third kappa shape index (κ3) is 3.22. The summed E-state index contributed by atoms with van der Waals surface area (Å²) in [6.07, 6.45) is 3.48. The second kappa shape index (κ2) is 6.83. The lowest BCUT2D eigenvalue weighted by molar-refractivity contribution is -0.101. The van der Waals surface area contributed by atoms with Crippen LogP contribution in [0.3, 0.4) is 0 Å². The Hall–Kier alpha value is -2.19. The van der Waals surface area contributed by atoms with Crippen LogP contribution in [-0.2, 0) is 9.47 Å². The minimum Gasteiger partial charge on any atom is -0.485 e.